The van der Waals surface area contributed by atoms with Gasteiger partial charge in [-0.15, -0.1) is 0 Å². The number of benzene rings is 1. The van der Waals surface area contributed by atoms with E-state index in [-0.39, 0.29) is 11.6 Å². The summed E-state index contributed by atoms with van der Waals surface area (Å²) in [7, 11) is 3.25. The zero-order valence-corrected chi connectivity index (χ0v) is 16.8. The molecule has 0 aliphatic rings. The minimum absolute atomic E-state index is 0.139. The second kappa shape index (κ2) is 9.37. The molecule has 0 radical (unpaired) electrons. The van der Waals surface area contributed by atoms with Crippen molar-refractivity contribution < 1.29 is 14.3 Å². The Morgan fingerprint density at radius 3 is 2.70 bits per heavy atom. The summed E-state index contributed by atoms with van der Waals surface area (Å²) < 4.78 is 5.27. The highest BCUT2D eigenvalue weighted by Gasteiger charge is 2.16. The molecule has 1 aromatic carbocycles. The van der Waals surface area contributed by atoms with E-state index in [1.165, 1.54) is 19.4 Å². The second-order valence-corrected chi connectivity index (χ2v) is 6.67. The SMILES string of the molecule is CCCCN(C)C(=O)c1ccnc(C(=O)Nc2cc(C)c(Cl)cc2OC)c1. The first kappa shape index (κ1) is 20.7. The van der Waals surface area contributed by atoms with E-state index in [0.29, 0.717) is 28.6 Å². The Bertz CT molecular complexity index is 839. The number of ether oxygens (including phenoxy) is 1. The number of carbonyl (C=O) groups is 2. The van der Waals surface area contributed by atoms with Crippen molar-refractivity contribution in [2.75, 3.05) is 26.0 Å². The molecule has 1 N–H and O–H groups in total. The predicted octanol–water partition coefficient (Wildman–Crippen LogP) is 4.18. The third-order valence-electron chi connectivity index (χ3n) is 4.16. The first-order chi connectivity index (χ1) is 12.9. The number of aromatic nitrogens is 1. The molecule has 0 fully saturated rings. The Morgan fingerprint density at radius 2 is 2.04 bits per heavy atom. The third-order valence-corrected chi connectivity index (χ3v) is 4.57. The number of methoxy groups -OCH3 is 1. The van der Waals surface area contributed by atoms with Crippen molar-refractivity contribution in [2.45, 2.75) is 26.7 Å². The van der Waals surface area contributed by atoms with Crippen molar-refractivity contribution in [1.82, 2.24) is 9.88 Å². The summed E-state index contributed by atoms with van der Waals surface area (Å²) in [5, 5.41) is 3.31. The van der Waals surface area contributed by atoms with E-state index in [9.17, 15) is 9.59 Å². The van der Waals surface area contributed by atoms with Crippen LogP contribution in [0.15, 0.2) is 30.5 Å². The lowest BCUT2D eigenvalue weighted by molar-refractivity contribution is 0.0793. The lowest BCUT2D eigenvalue weighted by Crippen LogP contribution is -2.28. The van der Waals surface area contributed by atoms with Crippen molar-refractivity contribution in [1.29, 1.82) is 0 Å². The van der Waals surface area contributed by atoms with Gasteiger partial charge in [-0.2, -0.15) is 0 Å². The molecule has 2 amide bonds. The highest BCUT2D eigenvalue weighted by Crippen LogP contribution is 2.31. The van der Waals surface area contributed by atoms with Crippen LogP contribution >= 0.6 is 11.6 Å². The minimum Gasteiger partial charge on any atom is -0.495 e. The number of pyridine rings is 1. The Labute approximate surface area is 164 Å². The predicted molar refractivity (Wildman–Crippen MR) is 107 cm³/mol. The summed E-state index contributed by atoms with van der Waals surface area (Å²) in [6, 6.07) is 6.47. The lowest BCUT2D eigenvalue weighted by Gasteiger charge is -2.17. The molecule has 0 aliphatic carbocycles. The van der Waals surface area contributed by atoms with Gasteiger partial charge in [-0.05, 0) is 37.1 Å². The highest BCUT2D eigenvalue weighted by molar-refractivity contribution is 6.31. The van der Waals surface area contributed by atoms with Crippen molar-refractivity contribution in [3.8, 4) is 5.75 Å². The molecule has 0 saturated heterocycles. The number of aryl methyl sites for hydroxylation is 1. The number of unbranched alkanes of at least 4 members (excludes halogenated alkanes) is 1. The normalized spacial score (nSPS) is 10.4. The zero-order chi connectivity index (χ0) is 20.0. The second-order valence-electron chi connectivity index (χ2n) is 6.27. The van der Waals surface area contributed by atoms with Crippen LogP contribution in [-0.4, -0.2) is 42.4 Å². The number of nitrogens with one attached hydrogen (secondary N) is 1. The molecular weight excluding hydrogens is 366 g/mol. The maximum atomic E-state index is 12.6. The van der Waals surface area contributed by atoms with Crippen molar-refractivity contribution in [3.05, 3.63) is 52.3 Å². The van der Waals surface area contributed by atoms with Gasteiger partial charge < -0.3 is 15.0 Å². The van der Waals surface area contributed by atoms with Gasteiger partial charge >= 0.3 is 0 Å². The number of anilines is 1. The van der Waals surface area contributed by atoms with Gasteiger partial charge in [-0.1, -0.05) is 24.9 Å². The Kier molecular flexibility index (Phi) is 7.19. The fourth-order valence-electron chi connectivity index (χ4n) is 2.52. The van der Waals surface area contributed by atoms with Crippen molar-refractivity contribution >= 4 is 29.1 Å². The molecule has 1 aromatic heterocycles. The number of hydrogen-bond donors (Lipinski definition) is 1. The van der Waals surface area contributed by atoms with Crippen LogP contribution in [0.2, 0.25) is 5.02 Å². The standard InChI is InChI=1S/C20H24ClN3O3/c1-5-6-9-24(3)20(26)14-7-8-22-17(11-14)19(25)23-16-10-13(2)15(21)12-18(16)27-4/h7-8,10-12H,5-6,9H2,1-4H3,(H,23,25). The van der Waals surface area contributed by atoms with Crippen LogP contribution in [0.3, 0.4) is 0 Å². The largest absolute Gasteiger partial charge is 0.495 e. The van der Waals surface area contributed by atoms with Crippen molar-refractivity contribution in [3.63, 3.8) is 0 Å². The van der Waals surface area contributed by atoms with E-state index < -0.39 is 5.91 Å². The van der Waals surface area contributed by atoms with E-state index in [0.717, 1.165) is 18.4 Å². The van der Waals surface area contributed by atoms with Crippen LogP contribution < -0.4 is 10.1 Å². The molecule has 0 spiro atoms. The van der Waals surface area contributed by atoms with Gasteiger partial charge in [0.25, 0.3) is 11.8 Å². The third kappa shape index (κ3) is 5.20. The molecule has 0 bridgehead atoms. The average Bonchev–Trinajstić information content (AvgIpc) is 2.68. The molecule has 1 heterocycles. The molecule has 0 atom stereocenters. The molecular formula is C20H24ClN3O3. The summed E-state index contributed by atoms with van der Waals surface area (Å²) in [6.45, 7) is 4.57. The smallest absolute Gasteiger partial charge is 0.274 e. The fourth-order valence-corrected chi connectivity index (χ4v) is 2.67. The summed E-state index contributed by atoms with van der Waals surface area (Å²) >= 11 is 6.09. The summed E-state index contributed by atoms with van der Waals surface area (Å²) in [5.41, 5.74) is 1.87. The number of halogens is 1. The highest BCUT2D eigenvalue weighted by atomic mass is 35.5. The summed E-state index contributed by atoms with van der Waals surface area (Å²) in [5.74, 6) is -0.119. The maximum Gasteiger partial charge on any atom is 0.274 e. The van der Waals surface area contributed by atoms with Gasteiger partial charge in [-0.25, -0.2) is 0 Å². The van der Waals surface area contributed by atoms with Gasteiger partial charge in [-0.3, -0.25) is 14.6 Å². The minimum atomic E-state index is -0.430. The van der Waals surface area contributed by atoms with Crippen LogP contribution in [0.1, 0.15) is 46.2 Å². The van der Waals surface area contributed by atoms with E-state index in [1.54, 1.807) is 30.1 Å². The van der Waals surface area contributed by atoms with Gasteiger partial charge in [0.05, 0.1) is 12.8 Å². The number of amides is 2. The van der Waals surface area contributed by atoms with Crippen LogP contribution in [0.5, 0.6) is 5.75 Å². The molecule has 0 saturated carbocycles. The monoisotopic (exact) mass is 389 g/mol. The fraction of sp³-hybridized carbons (Fsp3) is 0.350. The van der Waals surface area contributed by atoms with E-state index in [1.807, 2.05) is 6.92 Å². The molecule has 27 heavy (non-hydrogen) atoms. The first-order valence-corrected chi connectivity index (χ1v) is 9.12. The Hall–Kier alpha value is -2.60. The molecule has 0 unspecified atom stereocenters. The lowest BCUT2D eigenvalue weighted by atomic mass is 10.1. The van der Waals surface area contributed by atoms with Gasteiger partial charge in [0.2, 0.25) is 0 Å². The van der Waals surface area contributed by atoms with Gasteiger partial charge in [0, 0.05) is 36.4 Å². The average molecular weight is 390 g/mol. The van der Waals surface area contributed by atoms with Gasteiger partial charge in [0.1, 0.15) is 11.4 Å². The summed E-state index contributed by atoms with van der Waals surface area (Å²) in [4.78, 5) is 30.8. The van der Waals surface area contributed by atoms with E-state index in [2.05, 4.69) is 17.2 Å². The maximum absolute atomic E-state index is 12.6. The van der Waals surface area contributed by atoms with E-state index >= 15 is 0 Å². The Balaban J connectivity index is 2.21. The summed E-state index contributed by atoms with van der Waals surface area (Å²) in [6.07, 6.45) is 3.39. The van der Waals surface area contributed by atoms with Crippen LogP contribution in [-0.2, 0) is 0 Å². The number of rotatable bonds is 7. The molecule has 144 valence electrons. The first-order valence-electron chi connectivity index (χ1n) is 8.74. The quantitative estimate of drug-likeness (QED) is 0.771. The van der Waals surface area contributed by atoms with Crippen LogP contribution in [0.4, 0.5) is 5.69 Å². The van der Waals surface area contributed by atoms with Crippen LogP contribution in [0.25, 0.3) is 0 Å². The molecule has 6 nitrogen and oxygen atoms in total. The molecule has 2 rings (SSSR count). The number of hydrogen-bond acceptors (Lipinski definition) is 4. The zero-order valence-electron chi connectivity index (χ0n) is 16.0. The van der Waals surface area contributed by atoms with E-state index in [4.69, 9.17) is 16.3 Å². The molecule has 2 aromatic rings. The Morgan fingerprint density at radius 1 is 1.30 bits per heavy atom. The van der Waals surface area contributed by atoms with Gasteiger partial charge in [0.15, 0.2) is 0 Å². The molecule has 7 heteroatoms. The van der Waals surface area contributed by atoms with Crippen LogP contribution in [0, 0.1) is 6.92 Å². The number of carbonyl (C=O) groups excluding carboxylic acids is 2. The molecule has 0 aliphatic heterocycles. The van der Waals surface area contributed by atoms with Crippen molar-refractivity contribution in [2.24, 2.45) is 0 Å². The number of nitrogens with zero attached hydrogens (tertiary/aromatic N) is 2. The topological polar surface area (TPSA) is 71.5 Å².